The highest BCUT2D eigenvalue weighted by Gasteiger charge is 2.70. The molecule has 14 heteroatoms. The molecule has 1 aromatic rings. The number of nitrogens with zero attached hydrogens (tertiary/aromatic N) is 3. The molecule has 11 nitrogen and oxygen atoms in total. The van der Waals surface area contributed by atoms with Gasteiger partial charge in [0.2, 0.25) is 17.7 Å². The standard InChI is InChI=1S/C29H37F3N6O5/c1-14(39)37-8-7-15-9-16(23(40)35-19(15)13-37)10-17(11-33)34-24(41)21-20-18(28(20,5)6)12-38(21)25(42)22(27(2,3)4)36-26(43)29(30,31)32/h9,17-18,20-22H,7-8,10,12-13H2,1-6H3,(H,34,41)(H,35,40)(H,36,43)/t17?,18-,20+,21-,22+/m0/s1. The number of alkyl halides is 3. The van der Waals surface area contributed by atoms with Crippen molar-refractivity contribution in [2.75, 3.05) is 13.1 Å². The molecule has 1 saturated carbocycles. The van der Waals surface area contributed by atoms with Gasteiger partial charge in [0, 0.05) is 37.7 Å². The average molecular weight is 607 g/mol. The van der Waals surface area contributed by atoms with Crippen molar-refractivity contribution >= 4 is 23.6 Å². The highest BCUT2D eigenvalue weighted by molar-refractivity contribution is 5.95. The molecule has 0 bridgehead atoms. The molecule has 1 aromatic heterocycles. The summed E-state index contributed by atoms with van der Waals surface area (Å²) in [4.78, 5) is 69.3. The molecule has 1 aliphatic carbocycles. The zero-order chi connectivity index (χ0) is 32.2. The van der Waals surface area contributed by atoms with E-state index in [-0.39, 0.29) is 48.2 Å². The summed E-state index contributed by atoms with van der Waals surface area (Å²) in [6, 6.07) is -0.100. The summed E-state index contributed by atoms with van der Waals surface area (Å²) in [5, 5.41) is 14.3. The molecule has 4 amide bonds. The number of aromatic amines is 1. The molecule has 0 spiro atoms. The molecule has 3 aliphatic rings. The van der Waals surface area contributed by atoms with Crippen molar-refractivity contribution in [2.45, 2.75) is 85.2 Å². The number of rotatable bonds is 6. The van der Waals surface area contributed by atoms with E-state index in [1.165, 1.54) is 32.6 Å². The lowest BCUT2D eigenvalue weighted by atomic mass is 9.85. The van der Waals surface area contributed by atoms with E-state index in [9.17, 15) is 42.4 Å². The van der Waals surface area contributed by atoms with Crippen LogP contribution in [0.2, 0.25) is 0 Å². The predicted molar refractivity (Wildman–Crippen MR) is 147 cm³/mol. The van der Waals surface area contributed by atoms with Crippen LogP contribution in [0.5, 0.6) is 0 Å². The Labute approximate surface area is 247 Å². The first kappa shape index (κ1) is 32.0. The summed E-state index contributed by atoms with van der Waals surface area (Å²) in [7, 11) is 0. The number of nitriles is 1. The van der Waals surface area contributed by atoms with E-state index in [4.69, 9.17) is 0 Å². The van der Waals surface area contributed by atoms with Crippen molar-refractivity contribution < 1.29 is 32.3 Å². The number of hydrogen-bond donors (Lipinski definition) is 3. The Morgan fingerprint density at radius 1 is 1.19 bits per heavy atom. The van der Waals surface area contributed by atoms with Gasteiger partial charge in [-0.3, -0.25) is 24.0 Å². The molecule has 43 heavy (non-hydrogen) atoms. The smallest absolute Gasteiger partial charge is 0.338 e. The molecule has 0 radical (unpaired) electrons. The molecule has 0 aromatic carbocycles. The summed E-state index contributed by atoms with van der Waals surface area (Å²) in [6.07, 6.45) is -4.80. The Hall–Kier alpha value is -3.89. The molecule has 5 atom stereocenters. The number of pyridine rings is 1. The number of fused-ring (bicyclic) bond motifs is 2. The fraction of sp³-hybridized carbons (Fsp3) is 0.655. The molecule has 234 valence electrons. The fourth-order valence-electron chi connectivity index (χ4n) is 6.42. The number of nitrogens with one attached hydrogen (secondary N) is 3. The van der Waals surface area contributed by atoms with Crippen molar-refractivity contribution in [2.24, 2.45) is 22.7 Å². The Morgan fingerprint density at radius 3 is 2.40 bits per heavy atom. The SMILES string of the molecule is CC(=O)N1CCc2cc(CC(C#N)NC(=O)[C@@H]3[C@H]4[C@H](CN3C(=O)[C@@H](NC(=O)C(F)(F)F)C(C)(C)C)C4(C)C)c(=O)[nH]c2C1. The summed E-state index contributed by atoms with van der Waals surface area (Å²) in [6.45, 7) is 10.7. The van der Waals surface area contributed by atoms with Crippen LogP contribution >= 0.6 is 0 Å². The number of carbonyl (C=O) groups excluding carboxylic acids is 4. The quantitative estimate of drug-likeness (QED) is 0.445. The maximum atomic E-state index is 13.7. The van der Waals surface area contributed by atoms with E-state index >= 15 is 0 Å². The van der Waals surface area contributed by atoms with E-state index in [0.717, 1.165) is 5.56 Å². The highest BCUT2D eigenvalue weighted by Crippen LogP contribution is 2.65. The van der Waals surface area contributed by atoms with Gasteiger partial charge in [0.1, 0.15) is 18.1 Å². The highest BCUT2D eigenvalue weighted by atomic mass is 19.4. The van der Waals surface area contributed by atoms with Crippen LogP contribution in [-0.2, 0) is 38.6 Å². The zero-order valence-corrected chi connectivity index (χ0v) is 25.0. The normalized spacial score (nSPS) is 23.8. The van der Waals surface area contributed by atoms with Gasteiger partial charge in [-0.05, 0) is 40.7 Å². The van der Waals surface area contributed by atoms with Crippen molar-refractivity contribution in [3.05, 3.63) is 33.2 Å². The van der Waals surface area contributed by atoms with E-state index in [1.807, 2.05) is 25.2 Å². The van der Waals surface area contributed by atoms with Crippen molar-refractivity contribution in [3.63, 3.8) is 0 Å². The van der Waals surface area contributed by atoms with Gasteiger partial charge >= 0.3 is 12.1 Å². The van der Waals surface area contributed by atoms with Gasteiger partial charge in [-0.15, -0.1) is 0 Å². The van der Waals surface area contributed by atoms with Crippen LogP contribution in [-0.4, -0.2) is 75.8 Å². The molecule has 1 saturated heterocycles. The maximum absolute atomic E-state index is 13.7. The minimum absolute atomic E-state index is 0.0928. The second kappa shape index (κ2) is 11.0. The number of H-pyrrole nitrogens is 1. The molecule has 3 heterocycles. The number of amides is 4. The fourth-order valence-corrected chi connectivity index (χ4v) is 6.42. The minimum Gasteiger partial charge on any atom is -0.338 e. The van der Waals surface area contributed by atoms with Crippen LogP contribution < -0.4 is 16.2 Å². The van der Waals surface area contributed by atoms with Gasteiger partial charge in [0.05, 0.1) is 12.6 Å². The van der Waals surface area contributed by atoms with E-state index in [0.29, 0.717) is 18.7 Å². The molecule has 2 fully saturated rings. The van der Waals surface area contributed by atoms with Gasteiger partial charge in [0.25, 0.3) is 5.56 Å². The largest absolute Gasteiger partial charge is 0.471 e. The second-order valence-electron chi connectivity index (χ2n) is 13.4. The lowest BCUT2D eigenvalue weighted by molar-refractivity contribution is -0.176. The Kier molecular flexibility index (Phi) is 8.19. The van der Waals surface area contributed by atoms with E-state index < -0.39 is 53.0 Å². The molecular weight excluding hydrogens is 569 g/mol. The number of halogens is 3. The van der Waals surface area contributed by atoms with Gasteiger partial charge < -0.3 is 25.4 Å². The Morgan fingerprint density at radius 2 is 1.84 bits per heavy atom. The van der Waals surface area contributed by atoms with Gasteiger partial charge in [-0.1, -0.05) is 34.6 Å². The minimum atomic E-state index is -5.20. The van der Waals surface area contributed by atoms with Gasteiger partial charge in [0.15, 0.2) is 0 Å². The first-order chi connectivity index (χ1) is 19.8. The van der Waals surface area contributed by atoms with Crippen LogP contribution in [0.4, 0.5) is 13.2 Å². The van der Waals surface area contributed by atoms with Crippen LogP contribution in [0.3, 0.4) is 0 Å². The number of hydrogen-bond acceptors (Lipinski definition) is 6. The predicted octanol–water partition coefficient (Wildman–Crippen LogP) is 1.41. The van der Waals surface area contributed by atoms with Crippen LogP contribution in [0.25, 0.3) is 0 Å². The van der Waals surface area contributed by atoms with Gasteiger partial charge in [-0.25, -0.2) is 0 Å². The third kappa shape index (κ3) is 6.26. The lowest BCUT2D eigenvalue weighted by Gasteiger charge is -2.37. The lowest BCUT2D eigenvalue weighted by Crippen LogP contribution is -2.61. The number of aromatic nitrogens is 1. The average Bonchev–Trinajstić information content (AvgIpc) is 3.21. The topological polar surface area (TPSA) is 155 Å². The number of carbonyl (C=O) groups is 4. The second-order valence-corrected chi connectivity index (χ2v) is 13.4. The monoisotopic (exact) mass is 606 g/mol. The van der Waals surface area contributed by atoms with E-state index in [2.05, 4.69) is 10.3 Å². The summed E-state index contributed by atoms with van der Waals surface area (Å²) in [5.41, 5.74) is -0.163. The number of piperidine rings is 1. The van der Waals surface area contributed by atoms with Crippen molar-refractivity contribution in [1.82, 2.24) is 25.4 Å². The van der Waals surface area contributed by atoms with Crippen molar-refractivity contribution in [3.8, 4) is 6.07 Å². The summed E-state index contributed by atoms with van der Waals surface area (Å²) >= 11 is 0. The first-order valence-corrected chi connectivity index (χ1v) is 14.1. The van der Waals surface area contributed by atoms with Crippen molar-refractivity contribution in [1.29, 1.82) is 5.26 Å². The van der Waals surface area contributed by atoms with Crippen LogP contribution in [0.15, 0.2) is 10.9 Å². The Balaban J connectivity index is 1.54. The van der Waals surface area contributed by atoms with Crippen LogP contribution in [0.1, 0.15) is 58.4 Å². The Bertz CT molecular complexity index is 1440. The third-order valence-corrected chi connectivity index (χ3v) is 9.04. The maximum Gasteiger partial charge on any atom is 0.471 e. The molecule has 2 aliphatic heterocycles. The third-order valence-electron chi connectivity index (χ3n) is 9.04. The van der Waals surface area contributed by atoms with E-state index in [1.54, 1.807) is 11.0 Å². The molecule has 1 unspecified atom stereocenters. The molecule has 4 rings (SSSR count). The number of likely N-dealkylation sites (tertiary alicyclic amines) is 1. The zero-order valence-electron chi connectivity index (χ0n) is 25.0. The van der Waals surface area contributed by atoms with Crippen LogP contribution in [0, 0.1) is 34.0 Å². The first-order valence-electron chi connectivity index (χ1n) is 14.1. The molecule has 3 N–H and O–H groups in total. The molecular formula is C29H37F3N6O5. The summed E-state index contributed by atoms with van der Waals surface area (Å²) < 4.78 is 39.2. The van der Waals surface area contributed by atoms with Gasteiger partial charge in [-0.2, -0.15) is 18.4 Å². The summed E-state index contributed by atoms with van der Waals surface area (Å²) in [5.74, 6) is -4.22.